The Hall–Kier alpha value is -0.540. The highest BCUT2D eigenvalue weighted by Crippen LogP contribution is 2.19. The van der Waals surface area contributed by atoms with Crippen LogP contribution >= 0.6 is 15.9 Å². The van der Waals surface area contributed by atoms with Gasteiger partial charge in [-0.2, -0.15) is 0 Å². The van der Waals surface area contributed by atoms with Crippen LogP contribution in [0.2, 0.25) is 0 Å². The third-order valence-electron chi connectivity index (χ3n) is 2.12. The molecule has 1 aromatic carbocycles. The summed E-state index contributed by atoms with van der Waals surface area (Å²) in [5.74, 6) is 0. The van der Waals surface area contributed by atoms with E-state index in [4.69, 9.17) is 5.73 Å². The highest BCUT2D eigenvalue weighted by atomic mass is 79.9. The summed E-state index contributed by atoms with van der Waals surface area (Å²) in [6.45, 7) is 2.14. The molecule has 0 aromatic heterocycles. The van der Waals surface area contributed by atoms with Crippen molar-refractivity contribution in [2.24, 2.45) is 0 Å². The van der Waals surface area contributed by atoms with Gasteiger partial charge in [0.25, 0.3) is 0 Å². The Labute approximate surface area is 87.6 Å². The minimum absolute atomic E-state index is 0.455. The molecule has 0 saturated carbocycles. The molecule has 0 fully saturated rings. The van der Waals surface area contributed by atoms with Gasteiger partial charge in [0, 0.05) is 16.2 Å². The van der Waals surface area contributed by atoms with Crippen molar-refractivity contribution < 1.29 is 0 Å². The molecule has 0 aliphatic rings. The molecule has 72 valence electrons. The molecular weight excluding hydrogens is 228 g/mol. The number of nitrogens with one attached hydrogen (secondary N) is 1. The summed E-state index contributed by atoms with van der Waals surface area (Å²) in [6, 6.07) is 6.42. The molecule has 0 heterocycles. The van der Waals surface area contributed by atoms with Crippen LogP contribution in [0.25, 0.3) is 0 Å². The van der Waals surface area contributed by atoms with E-state index in [0.717, 1.165) is 16.6 Å². The van der Waals surface area contributed by atoms with Gasteiger partial charge in [0.05, 0.1) is 0 Å². The molecule has 0 aliphatic carbocycles. The molecular formula is C10H15BrN2. The predicted octanol–water partition coefficient (Wildman–Crippen LogP) is 2.18. The fourth-order valence-corrected chi connectivity index (χ4v) is 1.59. The number of halogens is 1. The van der Waals surface area contributed by atoms with Gasteiger partial charge in [-0.3, -0.25) is 0 Å². The van der Waals surface area contributed by atoms with Crippen LogP contribution in [0.4, 0.5) is 5.69 Å². The number of benzene rings is 1. The first-order valence-electron chi connectivity index (χ1n) is 4.34. The van der Waals surface area contributed by atoms with E-state index in [-0.39, 0.29) is 0 Å². The van der Waals surface area contributed by atoms with Crippen molar-refractivity contribution in [3.8, 4) is 0 Å². The quantitative estimate of drug-likeness (QED) is 0.798. The van der Waals surface area contributed by atoms with Crippen molar-refractivity contribution >= 4 is 21.6 Å². The summed E-state index contributed by atoms with van der Waals surface area (Å²) >= 11 is 3.43. The Morgan fingerprint density at radius 1 is 1.54 bits per heavy atom. The number of likely N-dealkylation sites (N-methyl/N-ethyl adjacent to an activating group) is 1. The topological polar surface area (TPSA) is 38.0 Å². The number of nitrogens with two attached hydrogens (primary N) is 1. The standard InChI is InChI=1S/C10H15BrN2/c1-7(13-2)5-8-6-9(11)3-4-10(8)12/h3-4,6-7,13H,5,12H2,1-2H3. The Kier molecular flexibility index (Phi) is 3.75. The fraction of sp³-hybridized carbons (Fsp3) is 0.400. The Morgan fingerprint density at radius 3 is 2.85 bits per heavy atom. The molecule has 0 spiro atoms. The Bertz CT molecular complexity index is 286. The van der Waals surface area contributed by atoms with Gasteiger partial charge in [0.15, 0.2) is 0 Å². The molecule has 3 heteroatoms. The molecule has 3 N–H and O–H groups in total. The van der Waals surface area contributed by atoms with E-state index in [2.05, 4.69) is 34.2 Å². The number of nitrogen functional groups attached to an aromatic ring is 1. The molecule has 0 saturated heterocycles. The average Bonchev–Trinajstić information content (AvgIpc) is 2.11. The average molecular weight is 243 g/mol. The van der Waals surface area contributed by atoms with E-state index >= 15 is 0 Å². The SMILES string of the molecule is CNC(C)Cc1cc(Br)ccc1N. The predicted molar refractivity (Wildman–Crippen MR) is 60.8 cm³/mol. The molecule has 0 radical (unpaired) electrons. The van der Waals surface area contributed by atoms with Gasteiger partial charge in [-0.1, -0.05) is 15.9 Å². The van der Waals surface area contributed by atoms with Gasteiger partial charge in [0.1, 0.15) is 0 Å². The van der Waals surface area contributed by atoms with Crippen molar-refractivity contribution in [1.82, 2.24) is 5.32 Å². The maximum atomic E-state index is 5.84. The molecule has 0 amide bonds. The van der Waals surface area contributed by atoms with Crippen LogP contribution in [-0.4, -0.2) is 13.1 Å². The van der Waals surface area contributed by atoms with Crippen molar-refractivity contribution in [2.75, 3.05) is 12.8 Å². The highest BCUT2D eigenvalue weighted by Gasteiger charge is 2.04. The number of hydrogen-bond donors (Lipinski definition) is 2. The second-order valence-corrected chi connectivity index (χ2v) is 4.15. The van der Waals surface area contributed by atoms with Gasteiger partial charge >= 0.3 is 0 Å². The van der Waals surface area contributed by atoms with E-state index in [1.54, 1.807) is 0 Å². The molecule has 1 aromatic rings. The minimum atomic E-state index is 0.455. The van der Waals surface area contributed by atoms with Crippen LogP contribution in [-0.2, 0) is 6.42 Å². The summed E-state index contributed by atoms with van der Waals surface area (Å²) in [6.07, 6.45) is 0.960. The molecule has 13 heavy (non-hydrogen) atoms. The zero-order valence-electron chi connectivity index (χ0n) is 7.97. The lowest BCUT2D eigenvalue weighted by atomic mass is 10.1. The number of hydrogen-bond acceptors (Lipinski definition) is 2. The maximum Gasteiger partial charge on any atom is 0.0347 e. The molecule has 2 nitrogen and oxygen atoms in total. The minimum Gasteiger partial charge on any atom is -0.399 e. The smallest absolute Gasteiger partial charge is 0.0347 e. The van der Waals surface area contributed by atoms with Crippen molar-refractivity contribution in [2.45, 2.75) is 19.4 Å². The van der Waals surface area contributed by atoms with Crippen LogP contribution in [0.1, 0.15) is 12.5 Å². The summed E-state index contributed by atoms with van der Waals surface area (Å²) in [4.78, 5) is 0. The van der Waals surface area contributed by atoms with Gasteiger partial charge in [0.2, 0.25) is 0 Å². The summed E-state index contributed by atoms with van der Waals surface area (Å²) in [7, 11) is 1.96. The Balaban J connectivity index is 2.81. The van der Waals surface area contributed by atoms with Crippen molar-refractivity contribution in [3.63, 3.8) is 0 Å². The molecule has 0 bridgehead atoms. The van der Waals surface area contributed by atoms with Crippen molar-refractivity contribution in [1.29, 1.82) is 0 Å². The van der Waals surface area contributed by atoms with Crippen LogP contribution in [0.15, 0.2) is 22.7 Å². The van der Waals surface area contributed by atoms with Crippen LogP contribution < -0.4 is 11.1 Å². The van der Waals surface area contributed by atoms with Crippen LogP contribution in [0, 0.1) is 0 Å². The third kappa shape index (κ3) is 3.01. The lowest BCUT2D eigenvalue weighted by molar-refractivity contribution is 0.609. The van der Waals surface area contributed by atoms with E-state index < -0.39 is 0 Å². The highest BCUT2D eigenvalue weighted by molar-refractivity contribution is 9.10. The van der Waals surface area contributed by atoms with Gasteiger partial charge in [-0.05, 0) is 44.2 Å². The second kappa shape index (κ2) is 4.63. The zero-order chi connectivity index (χ0) is 9.84. The Morgan fingerprint density at radius 2 is 2.23 bits per heavy atom. The van der Waals surface area contributed by atoms with Crippen molar-refractivity contribution in [3.05, 3.63) is 28.2 Å². The van der Waals surface area contributed by atoms with Gasteiger partial charge < -0.3 is 11.1 Å². The zero-order valence-corrected chi connectivity index (χ0v) is 9.56. The largest absolute Gasteiger partial charge is 0.399 e. The van der Waals surface area contributed by atoms with Crippen LogP contribution in [0.3, 0.4) is 0 Å². The lowest BCUT2D eigenvalue weighted by Crippen LogP contribution is -2.23. The lowest BCUT2D eigenvalue weighted by Gasteiger charge is -2.12. The monoisotopic (exact) mass is 242 g/mol. The van der Waals surface area contributed by atoms with Gasteiger partial charge in [-0.25, -0.2) is 0 Å². The summed E-state index contributed by atoms with van der Waals surface area (Å²) in [5, 5.41) is 3.19. The third-order valence-corrected chi connectivity index (χ3v) is 2.62. The molecule has 1 rings (SSSR count). The number of rotatable bonds is 3. The summed E-state index contributed by atoms with van der Waals surface area (Å²) < 4.78 is 1.08. The molecule has 0 aliphatic heterocycles. The normalized spacial score (nSPS) is 12.8. The maximum absolute atomic E-state index is 5.84. The molecule has 1 atom stereocenters. The van der Waals surface area contributed by atoms with E-state index in [0.29, 0.717) is 6.04 Å². The fourth-order valence-electron chi connectivity index (χ4n) is 1.18. The van der Waals surface area contributed by atoms with E-state index in [9.17, 15) is 0 Å². The molecule has 1 unspecified atom stereocenters. The first kappa shape index (κ1) is 10.5. The van der Waals surface area contributed by atoms with Crippen LogP contribution in [0.5, 0.6) is 0 Å². The second-order valence-electron chi connectivity index (χ2n) is 3.24. The number of anilines is 1. The first-order chi connectivity index (χ1) is 6.13. The van der Waals surface area contributed by atoms with E-state index in [1.807, 2.05) is 19.2 Å². The summed E-state index contributed by atoms with van der Waals surface area (Å²) in [5.41, 5.74) is 7.90. The van der Waals surface area contributed by atoms with E-state index in [1.165, 1.54) is 5.56 Å². The van der Waals surface area contributed by atoms with Gasteiger partial charge in [-0.15, -0.1) is 0 Å². The first-order valence-corrected chi connectivity index (χ1v) is 5.14.